The van der Waals surface area contributed by atoms with E-state index < -0.39 is 28.8 Å². The summed E-state index contributed by atoms with van der Waals surface area (Å²) in [5.41, 5.74) is -0.454. The van der Waals surface area contributed by atoms with E-state index in [-0.39, 0.29) is 9.13 Å². The molecule has 0 aromatic heterocycles. The van der Waals surface area contributed by atoms with Gasteiger partial charge < -0.3 is 4.74 Å². The molecule has 1 aromatic rings. The first kappa shape index (κ1) is 13.7. The monoisotopic (exact) mass is 357 g/mol. The SMILES string of the molecule is CC(=O)c1cc(OC(F)F)cc([N+](=O)[O-])c1I. The van der Waals surface area contributed by atoms with Crippen LogP contribution in [0.3, 0.4) is 0 Å². The highest BCUT2D eigenvalue weighted by Gasteiger charge is 2.21. The van der Waals surface area contributed by atoms with Crippen LogP contribution < -0.4 is 4.74 Å². The molecule has 92 valence electrons. The molecule has 0 saturated carbocycles. The van der Waals surface area contributed by atoms with Crippen molar-refractivity contribution in [2.75, 3.05) is 0 Å². The number of hydrogen-bond donors (Lipinski definition) is 0. The first-order chi connectivity index (χ1) is 7.82. The van der Waals surface area contributed by atoms with Crippen molar-refractivity contribution in [1.82, 2.24) is 0 Å². The first-order valence-corrected chi connectivity index (χ1v) is 5.34. The van der Waals surface area contributed by atoms with Gasteiger partial charge in [0.05, 0.1) is 11.0 Å². The Morgan fingerprint density at radius 1 is 1.53 bits per heavy atom. The Hall–Kier alpha value is -1.32. The minimum Gasteiger partial charge on any atom is -0.435 e. The smallest absolute Gasteiger partial charge is 0.387 e. The molecule has 0 fully saturated rings. The molecular weight excluding hydrogens is 351 g/mol. The summed E-state index contributed by atoms with van der Waals surface area (Å²) in [7, 11) is 0. The van der Waals surface area contributed by atoms with Gasteiger partial charge in [0.15, 0.2) is 5.78 Å². The molecule has 0 saturated heterocycles. The van der Waals surface area contributed by atoms with Gasteiger partial charge >= 0.3 is 6.61 Å². The quantitative estimate of drug-likeness (QED) is 0.360. The van der Waals surface area contributed by atoms with E-state index in [0.717, 1.165) is 12.1 Å². The van der Waals surface area contributed by atoms with Gasteiger partial charge in [-0.25, -0.2) is 0 Å². The number of nitro benzene ring substituents is 1. The van der Waals surface area contributed by atoms with Crippen LogP contribution in [0.25, 0.3) is 0 Å². The molecule has 17 heavy (non-hydrogen) atoms. The number of rotatable bonds is 4. The number of carbonyl (C=O) groups is 1. The Bertz CT molecular complexity index is 443. The summed E-state index contributed by atoms with van der Waals surface area (Å²) in [6, 6.07) is 1.92. The second kappa shape index (κ2) is 5.34. The van der Waals surface area contributed by atoms with E-state index in [1.165, 1.54) is 6.92 Å². The number of alkyl halides is 2. The minimum absolute atomic E-state index is 0.0181. The zero-order valence-corrected chi connectivity index (χ0v) is 10.6. The maximum absolute atomic E-state index is 12.0. The van der Waals surface area contributed by atoms with E-state index >= 15 is 0 Å². The Morgan fingerprint density at radius 2 is 2.12 bits per heavy atom. The highest BCUT2D eigenvalue weighted by atomic mass is 127. The van der Waals surface area contributed by atoms with Gasteiger partial charge in [0, 0.05) is 5.56 Å². The Labute approximate surface area is 108 Å². The molecule has 0 atom stereocenters. The van der Waals surface area contributed by atoms with Crippen molar-refractivity contribution < 1.29 is 23.2 Å². The third-order valence-electron chi connectivity index (χ3n) is 1.83. The van der Waals surface area contributed by atoms with Crippen LogP contribution in [0.5, 0.6) is 5.75 Å². The third-order valence-corrected chi connectivity index (χ3v) is 2.96. The highest BCUT2D eigenvalue weighted by molar-refractivity contribution is 14.1. The molecule has 0 aliphatic rings. The molecule has 0 radical (unpaired) electrons. The topological polar surface area (TPSA) is 69.4 Å². The molecule has 0 heterocycles. The summed E-state index contributed by atoms with van der Waals surface area (Å²) in [4.78, 5) is 21.1. The van der Waals surface area contributed by atoms with Crippen molar-refractivity contribution in [3.05, 3.63) is 31.4 Å². The van der Waals surface area contributed by atoms with Crippen molar-refractivity contribution in [3.63, 3.8) is 0 Å². The summed E-state index contributed by atoms with van der Waals surface area (Å²) in [5, 5.41) is 10.7. The van der Waals surface area contributed by atoms with Crippen LogP contribution in [-0.4, -0.2) is 17.3 Å². The van der Waals surface area contributed by atoms with Crippen LogP contribution in [0, 0.1) is 13.7 Å². The van der Waals surface area contributed by atoms with Gasteiger partial charge in [-0.2, -0.15) is 8.78 Å². The van der Waals surface area contributed by atoms with Gasteiger partial charge in [0.25, 0.3) is 5.69 Å². The molecule has 5 nitrogen and oxygen atoms in total. The fourth-order valence-electron chi connectivity index (χ4n) is 1.14. The predicted molar refractivity (Wildman–Crippen MR) is 62.4 cm³/mol. The molecule has 1 aromatic carbocycles. The van der Waals surface area contributed by atoms with Crippen molar-refractivity contribution in [2.24, 2.45) is 0 Å². The third kappa shape index (κ3) is 3.32. The lowest BCUT2D eigenvalue weighted by atomic mass is 10.1. The molecule has 0 unspecified atom stereocenters. The second-order valence-electron chi connectivity index (χ2n) is 3.00. The van der Waals surface area contributed by atoms with E-state index in [0.29, 0.717) is 0 Å². The van der Waals surface area contributed by atoms with Crippen molar-refractivity contribution in [2.45, 2.75) is 13.5 Å². The van der Waals surface area contributed by atoms with Crippen LogP contribution in [-0.2, 0) is 0 Å². The molecule has 0 aliphatic heterocycles. The van der Waals surface area contributed by atoms with Gasteiger partial charge in [-0.1, -0.05) is 0 Å². The van der Waals surface area contributed by atoms with Gasteiger partial charge in [-0.15, -0.1) is 0 Å². The molecule has 0 amide bonds. The lowest BCUT2D eigenvalue weighted by Crippen LogP contribution is -2.06. The fourth-order valence-corrected chi connectivity index (χ4v) is 2.03. The molecule has 8 heteroatoms. The van der Waals surface area contributed by atoms with E-state index in [1.54, 1.807) is 22.6 Å². The van der Waals surface area contributed by atoms with Crippen LogP contribution in [0.4, 0.5) is 14.5 Å². The van der Waals surface area contributed by atoms with Gasteiger partial charge in [-0.3, -0.25) is 14.9 Å². The van der Waals surface area contributed by atoms with Crippen LogP contribution >= 0.6 is 22.6 Å². The lowest BCUT2D eigenvalue weighted by molar-refractivity contribution is -0.385. The Balaban J connectivity index is 3.36. The highest BCUT2D eigenvalue weighted by Crippen LogP contribution is 2.31. The summed E-state index contributed by atoms with van der Waals surface area (Å²) in [6.07, 6.45) is 0. The Morgan fingerprint density at radius 3 is 2.53 bits per heavy atom. The predicted octanol–water partition coefficient (Wildman–Crippen LogP) is 3.00. The number of hydrogen-bond acceptors (Lipinski definition) is 4. The zero-order chi connectivity index (χ0) is 13.2. The molecule has 1 rings (SSSR count). The largest absolute Gasteiger partial charge is 0.435 e. The van der Waals surface area contributed by atoms with Gasteiger partial charge in [0.2, 0.25) is 0 Å². The number of benzene rings is 1. The molecule has 0 spiro atoms. The number of ketones is 1. The van der Waals surface area contributed by atoms with E-state index in [9.17, 15) is 23.7 Å². The molecular formula is C9H6F2INO4. The number of ether oxygens (including phenoxy) is 1. The average molecular weight is 357 g/mol. The number of carbonyl (C=O) groups excluding carboxylic acids is 1. The maximum atomic E-state index is 12.0. The van der Waals surface area contributed by atoms with E-state index in [1.807, 2.05) is 0 Å². The number of halogens is 3. The normalized spacial score (nSPS) is 10.4. The summed E-state index contributed by atoms with van der Waals surface area (Å²) >= 11 is 1.62. The molecule has 0 N–H and O–H groups in total. The maximum Gasteiger partial charge on any atom is 0.387 e. The van der Waals surface area contributed by atoms with Crippen LogP contribution in [0.2, 0.25) is 0 Å². The van der Waals surface area contributed by atoms with Crippen molar-refractivity contribution in [1.29, 1.82) is 0 Å². The average Bonchev–Trinajstić information content (AvgIpc) is 2.18. The standard InChI is InChI=1S/C9H6F2INO4/c1-4(14)6-2-5(17-9(10)11)3-7(8(6)12)13(15)16/h2-3,9H,1H3. The van der Waals surface area contributed by atoms with Crippen molar-refractivity contribution in [3.8, 4) is 5.75 Å². The van der Waals surface area contributed by atoms with Crippen molar-refractivity contribution >= 4 is 34.1 Å². The zero-order valence-electron chi connectivity index (χ0n) is 8.45. The van der Waals surface area contributed by atoms with Gasteiger partial charge in [0.1, 0.15) is 9.32 Å². The molecule has 0 bridgehead atoms. The number of nitrogens with zero attached hydrogens (tertiary/aromatic N) is 1. The number of nitro groups is 1. The van der Waals surface area contributed by atoms with E-state index in [2.05, 4.69) is 4.74 Å². The number of Topliss-reactive ketones (excluding diaryl/α,β-unsaturated/α-hetero) is 1. The van der Waals surface area contributed by atoms with Crippen LogP contribution in [0.15, 0.2) is 12.1 Å². The van der Waals surface area contributed by atoms with Crippen LogP contribution in [0.1, 0.15) is 17.3 Å². The summed E-state index contributed by atoms with van der Waals surface area (Å²) < 4.78 is 28.2. The first-order valence-electron chi connectivity index (χ1n) is 4.26. The fraction of sp³-hybridized carbons (Fsp3) is 0.222. The molecule has 0 aliphatic carbocycles. The summed E-state index contributed by atoms with van der Waals surface area (Å²) in [5.74, 6) is -0.866. The minimum atomic E-state index is -3.10. The van der Waals surface area contributed by atoms with E-state index in [4.69, 9.17) is 0 Å². The Kier molecular flexibility index (Phi) is 4.32. The second-order valence-corrected chi connectivity index (χ2v) is 4.07. The van der Waals surface area contributed by atoms with Gasteiger partial charge in [-0.05, 0) is 35.6 Å². The lowest BCUT2D eigenvalue weighted by Gasteiger charge is -2.07. The summed E-state index contributed by atoms with van der Waals surface area (Å²) in [6.45, 7) is -1.91.